The van der Waals surface area contributed by atoms with E-state index in [4.69, 9.17) is 10.2 Å². The van der Waals surface area contributed by atoms with Crippen molar-refractivity contribution in [3.05, 3.63) is 24.0 Å². The van der Waals surface area contributed by atoms with Crippen molar-refractivity contribution in [2.45, 2.75) is 11.4 Å². The van der Waals surface area contributed by atoms with Crippen molar-refractivity contribution in [3.8, 4) is 0 Å². The molecule has 0 spiro atoms. The first-order valence-electron chi connectivity index (χ1n) is 2.65. The van der Waals surface area contributed by atoms with Crippen molar-refractivity contribution in [2.24, 2.45) is 0 Å². The van der Waals surface area contributed by atoms with Gasteiger partial charge in [0.2, 0.25) is 0 Å². The highest BCUT2D eigenvalue weighted by molar-refractivity contribution is 7.81. The minimum atomic E-state index is -0.566. The van der Waals surface area contributed by atoms with Gasteiger partial charge in [-0.25, -0.2) is 0 Å². The van der Waals surface area contributed by atoms with Crippen LogP contribution in [0.1, 0.15) is 0 Å². The van der Waals surface area contributed by atoms with Gasteiger partial charge in [-0.2, -0.15) is 12.6 Å². The minimum absolute atomic E-state index is 0.167. The summed E-state index contributed by atoms with van der Waals surface area (Å²) in [5.41, 5.74) is 0. The second-order valence-electron chi connectivity index (χ2n) is 1.93. The van der Waals surface area contributed by atoms with E-state index in [1.165, 1.54) is 18.2 Å². The van der Waals surface area contributed by atoms with E-state index in [-0.39, 0.29) is 11.0 Å². The molecule has 1 rings (SSSR count). The topological polar surface area (TPSA) is 40.5 Å². The average molecular weight is 144 g/mol. The fourth-order valence-electron chi connectivity index (χ4n) is 0.640. The summed E-state index contributed by atoms with van der Waals surface area (Å²) in [5, 5.41) is 17.5. The van der Waals surface area contributed by atoms with E-state index in [1.807, 2.05) is 0 Å². The molecule has 2 nitrogen and oxygen atoms in total. The molecule has 0 bridgehead atoms. The lowest BCUT2D eigenvalue weighted by atomic mass is 10.1. The van der Waals surface area contributed by atoms with Gasteiger partial charge in [-0.3, -0.25) is 0 Å². The normalized spacial score (nSPS) is 34.2. The van der Waals surface area contributed by atoms with Gasteiger partial charge >= 0.3 is 0 Å². The zero-order valence-electron chi connectivity index (χ0n) is 4.73. The Morgan fingerprint density at radius 3 is 2.67 bits per heavy atom. The average Bonchev–Trinajstić information content (AvgIpc) is 1.80. The number of aliphatic hydroxyl groups excluding tert-OH is 2. The molecule has 3 heteroatoms. The summed E-state index contributed by atoms with van der Waals surface area (Å²) in [7, 11) is 0. The monoisotopic (exact) mass is 144 g/mol. The quantitative estimate of drug-likeness (QED) is 0.437. The molecule has 0 aliphatic heterocycles. The van der Waals surface area contributed by atoms with Crippen molar-refractivity contribution in [3.63, 3.8) is 0 Å². The lowest BCUT2D eigenvalue weighted by Crippen LogP contribution is -2.18. The third-order valence-electron chi connectivity index (χ3n) is 1.16. The molecular formula is C6H8O2S. The maximum absolute atomic E-state index is 8.98. The fourth-order valence-corrected chi connectivity index (χ4v) is 0.892. The van der Waals surface area contributed by atoms with E-state index in [1.54, 1.807) is 0 Å². The van der Waals surface area contributed by atoms with Crippen LogP contribution in [0.3, 0.4) is 0 Å². The molecule has 0 aromatic carbocycles. The van der Waals surface area contributed by atoms with Crippen LogP contribution in [0.25, 0.3) is 0 Å². The van der Waals surface area contributed by atoms with Crippen LogP contribution in [0, 0.1) is 0 Å². The van der Waals surface area contributed by atoms with Crippen LogP contribution in [-0.2, 0) is 0 Å². The van der Waals surface area contributed by atoms with Gasteiger partial charge in [0, 0.05) is 0 Å². The first-order valence-corrected chi connectivity index (χ1v) is 3.17. The second kappa shape index (κ2) is 2.45. The van der Waals surface area contributed by atoms with Crippen molar-refractivity contribution >= 4 is 12.6 Å². The highest BCUT2D eigenvalue weighted by atomic mass is 32.1. The third-order valence-corrected chi connectivity index (χ3v) is 1.61. The van der Waals surface area contributed by atoms with Crippen LogP contribution in [0.5, 0.6) is 0 Å². The fraction of sp³-hybridized carbons (Fsp3) is 0.333. The minimum Gasteiger partial charge on any atom is -0.508 e. The summed E-state index contributed by atoms with van der Waals surface area (Å²) in [5.74, 6) is 0.167. The van der Waals surface area contributed by atoms with Crippen molar-refractivity contribution in [2.75, 3.05) is 0 Å². The zero-order valence-corrected chi connectivity index (χ0v) is 5.62. The Kier molecular flexibility index (Phi) is 1.83. The molecule has 1 aliphatic rings. The third kappa shape index (κ3) is 1.50. The molecular weight excluding hydrogens is 136 g/mol. The van der Waals surface area contributed by atoms with E-state index in [2.05, 4.69) is 12.6 Å². The first kappa shape index (κ1) is 6.71. The zero-order chi connectivity index (χ0) is 6.85. The van der Waals surface area contributed by atoms with E-state index in [9.17, 15) is 0 Å². The molecule has 0 fully saturated rings. The van der Waals surface area contributed by atoms with E-state index in [0.29, 0.717) is 0 Å². The largest absolute Gasteiger partial charge is 0.508 e. The molecule has 1 aliphatic carbocycles. The van der Waals surface area contributed by atoms with E-state index in [0.717, 1.165) is 0 Å². The Balaban J connectivity index is 2.70. The summed E-state index contributed by atoms with van der Waals surface area (Å²) in [6.45, 7) is 0. The van der Waals surface area contributed by atoms with Gasteiger partial charge in [-0.05, 0) is 12.2 Å². The van der Waals surface area contributed by atoms with Gasteiger partial charge in [-0.1, -0.05) is 6.08 Å². The van der Waals surface area contributed by atoms with Crippen molar-refractivity contribution < 1.29 is 10.2 Å². The number of aliphatic hydroxyl groups is 2. The van der Waals surface area contributed by atoms with Gasteiger partial charge in [0.1, 0.15) is 5.76 Å². The number of hydrogen-bond donors (Lipinski definition) is 3. The maximum atomic E-state index is 8.98. The van der Waals surface area contributed by atoms with Crippen LogP contribution in [0.4, 0.5) is 0 Å². The van der Waals surface area contributed by atoms with Crippen LogP contribution in [0.15, 0.2) is 24.0 Å². The van der Waals surface area contributed by atoms with Crippen LogP contribution < -0.4 is 0 Å². The molecule has 1 unspecified atom stereocenters. The Labute approximate surface area is 58.9 Å². The van der Waals surface area contributed by atoms with Crippen LogP contribution in [-0.4, -0.2) is 21.6 Å². The Hall–Kier alpha value is -0.410. The molecule has 2 atom stereocenters. The maximum Gasteiger partial charge on any atom is 0.112 e. The number of hydrogen-bond acceptors (Lipinski definition) is 3. The molecule has 0 radical (unpaired) electrons. The number of allylic oxidation sites excluding steroid dienone is 1. The lowest BCUT2D eigenvalue weighted by molar-refractivity contribution is 0.227. The molecule has 50 valence electrons. The summed E-state index contributed by atoms with van der Waals surface area (Å²) in [6.07, 6.45) is 3.89. The van der Waals surface area contributed by atoms with Crippen molar-refractivity contribution in [1.82, 2.24) is 0 Å². The highest BCUT2D eigenvalue weighted by Crippen LogP contribution is 2.13. The van der Waals surface area contributed by atoms with Crippen molar-refractivity contribution in [1.29, 1.82) is 0 Å². The van der Waals surface area contributed by atoms with E-state index < -0.39 is 6.10 Å². The molecule has 0 saturated heterocycles. The van der Waals surface area contributed by atoms with E-state index >= 15 is 0 Å². The first-order chi connectivity index (χ1) is 4.20. The smallest absolute Gasteiger partial charge is 0.112 e. The number of rotatable bonds is 0. The summed E-state index contributed by atoms with van der Waals surface area (Å²) < 4.78 is 0. The molecule has 0 aromatic heterocycles. The predicted octanol–water partition coefficient (Wildman–Crippen LogP) is 0.657. The second-order valence-corrected chi connectivity index (χ2v) is 2.53. The van der Waals surface area contributed by atoms with Gasteiger partial charge < -0.3 is 10.2 Å². The molecule has 0 amide bonds. The Morgan fingerprint density at radius 2 is 2.22 bits per heavy atom. The predicted molar refractivity (Wildman–Crippen MR) is 38.6 cm³/mol. The highest BCUT2D eigenvalue weighted by Gasteiger charge is 2.13. The molecule has 0 aromatic rings. The van der Waals surface area contributed by atoms with Gasteiger partial charge in [-0.15, -0.1) is 0 Å². The summed E-state index contributed by atoms with van der Waals surface area (Å²) in [4.78, 5) is 0. The molecule has 9 heavy (non-hydrogen) atoms. The number of thiol groups is 1. The van der Waals surface area contributed by atoms with Crippen LogP contribution >= 0.6 is 12.6 Å². The molecule has 2 N–H and O–H groups in total. The Bertz CT molecular complexity index is 162. The van der Waals surface area contributed by atoms with Crippen LogP contribution in [0.2, 0.25) is 0 Å². The summed E-state index contributed by atoms with van der Waals surface area (Å²) in [6, 6.07) is 0. The van der Waals surface area contributed by atoms with Gasteiger partial charge in [0.05, 0.1) is 11.4 Å². The van der Waals surface area contributed by atoms with Gasteiger partial charge in [0.15, 0.2) is 0 Å². The standard InChI is InChI=1S/C6H8O2S/c7-4-1-2-5(8)6(9)3-4/h1-3,5-9H/t5?,6-/m0/s1. The molecule has 0 heterocycles. The molecule has 0 saturated carbocycles. The summed E-state index contributed by atoms with van der Waals surface area (Å²) >= 11 is 3.98. The SMILES string of the molecule is OC1=C[C@H](S)C(O)C=C1. The Morgan fingerprint density at radius 1 is 1.56 bits per heavy atom. The lowest BCUT2D eigenvalue weighted by Gasteiger charge is -2.13. The van der Waals surface area contributed by atoms with Gasteiger partial charge in [0.25, 0.3) is 0 Å².